The molecule has 0 fully saturated rings. The van der Waals surface area contributed by atoms with E-state index in [-0.39, 0.29) is 0 Å². The number of pyridine rings is 1. The van der Waals surface area contributed by atoms with Gasteiger partial charge in [0.2, 0.25) is 0 Å². The number of aromatic nitrogens is 1. The van der Waals surface area contributed by atoms with Crippen LogP contribution >= 0.6 is 0 Å². The van der Waals surface area contributed by atoms with Gasteiger partial charge in [0.1, 0.15) is 12.4 Å². The van der Waals surface area contributed by atoms with E-state index < -0.39 is 12.1 Å². The number of primary amides is 1. The van der Waals surface area contributed by atoms with Crippen molar-refractivity contribution in [2.75, 3.05) is 0 Å². The number of ether oxygens (including phenoxy) is 1. The first kappa shape index (κ1) is 17.3. The van der Waals surface area contributed by atoms with Gasteiger partial charge in [0.25, 0.3) is 0 Å². The van der Waals surface area contributed by atoms with E-state index in [4.69, 9.17) is 10.5 Å². The molecule has 0 saturated heterocycles. The lowest BCUT2D eigenvalue weighted by molar-refractivity contribution is -0.0808. The molecule has 138 valence electrons. The van der Waals surface area contributed by atoms with Crippen LogP contribution in [-0.2, 0) is 13.0 Å². The van der Waals surface area contributed by atoms with Crippen molar-refractivity contribution >= 4 is 16.9 Å². The van der Waals surface area contributed by atoms with E-state index in [0.29, 0.717) is 18.1 Å². The van der Waals surface area contributed by atoms with E-state index in [1.54, 1.807) is 0 Å². The second kappa shape index (κ2) is 7.25. The number of hydroxylamine groups is 2. The fraction of sp³-hybridized carbons (Fsp3) is 0.238. The van der Waals surface area contributed by atoms with Crippen LogP contribution in [0.25, 0.3) is 10.9 Å². The third-order valence-corrected chi connectivity index (χ3v) is 4.96. The molecule has 0 aliphatic heterocycles. The minimum absolute atomic E-state index is 0.375. The summed E-state index contributed by atoms with van der Waals surface area (Å²) in [4.78, 5) is 15.9. The molecule has 0 bridgehead atoms. The largest absolute Gasteiger partial charge is 0.487 e. The normalized spacial score (nSPS) is 16.0. The second-order valence-electron chi connectivity index (χ2n) is 6.74. The Balaban J connectivity index is 1.50. The maximum Gasteiger partial charge on any atom is 0.339 e. The smallest absolute Gasteiger partial charge is 0.339 e. The van der Waals surface area contributed by atoms with Crippen LogP contribution in [0, 0.1) is 0 Å². The van der Waals surface area contributed by atoms with Crippen LogP contribution in [0.15, 0.2) is 54.6 Å². The van der Waals surface area contributed by atoms with Crippen LogP contribution < -0.4 is 10.5 Å². The number of aryl methyl sites for hydroxylation is 1. The topological polar surface area (TPSA) is 88.7 Å². The predicted octanol–water partition coefficient (Wildman–Crippen LogP) is 3.96. The summed E-state index contributed by atoms with van der Waals surface area (Å²) in [5.74, 6) is 0.743. The lowest BCUT2D eigenvalue weighted by Crippen LogP contribution is -2.37. The van der Waals surface area contributed by atoms with Crippen molar-refractivity contribution in [2.24, 2.45) is 5.73 Å². The standard InChI is InChI=1S/C21H21N3O3/c22-21(25)24(26)20-7-3-5-15-12-17(10-11-18(15)20)27-13-16-9-8-14-4-1-2-6-19(14)23-16/h1-2,4,6,8-12,20,26H,3,5,7,13H2,(H2,22,25). The number of benzene rings is 2. The number of amides is 2. The van der Waals surface area contributed by atoms with Gasteiger partial charge in [0, 0.05) is 5.39 Å². The van der Waals surface area contributed by atoms with E-state index in [1.807, 2.05) is 54.6 Å². The number of carbonyl (C=O) groups is 1. The Morgan fingerprint density at radius 2 is 2.07 bits per heavy atom. The Morgan fingerprint density at radius 3 is 2.93 bits per heavy atom. The fourth-order valence-electron chi connectivity index (χ4n) is 3.61. The van der Waals surface area contributed by atoms with E-state index in [1.165, 1.54) is 0 Å². The van der Waals surface area contributed by atoms with Crippen molar-refractivity contribution in [1.82, 2.24) is 10.0 Å². The van der Waals surface area contributed by atoms with Crippen LogP contribution in [0.3, 0.4) is 0 Å². The number of rotatable bonds is 4. The van der Waals surface area contributed by atoms with Gasteiger partial charge in [-0.15, -0.1) is 0 Å². The summed E-state index contributed by atoms with van der Waals surface area (Å²) in [7, 11) is 0. The maximum absolute atomic E-state index is 11.3. The molecule has 1 aromatic heterocycles. The summed E-state index contributed by atoms with van der Waals surface area (Å²) in [5, 5.41) is 11.6. The van der Waals surface area contributed by atoms with Crippen LogP contribution in [-0.4, -0.2) is 21.3 Å². The number of urea groups is 1. The highest BCUT2D eigenvalue weighted by Crippen LogP contribution is 2.35. The molecular formula is C21H21N3O3. The monoisotopic (exact) mass is 363 g/mol. The van der Waals surface area contributed by atoms with Gasteiger partial charge in [-0.3, -0.25) is 5.21 Å². The Morgan fingerprint density at radius 1 is 1.22 bits per heavy atom. The van der Waals surface area contributed by atoms with Gasteiger partial charge in [0.05, 0.1) is 17.3 Å². The zero-order valence-electron chi connectivity index (χ0n) is 14.8. The third-order valence-electron chi connectivity index (χ3n) is 4.96. The first-order valence-electron chi connectivity index (χ1n) is 8.99. The van der Waals surface area contributed by atoms with Gasteiger partial charge >= 0.3 is 6.03 Å². The summed E-state index contributed by atoms with van der Waals surface area (Å²) in [6.07, 6.45) is 2.44. The molecule has 27 heavy (non-hydrogen) atoms. The quantitative estimate of drug-likeness (QED) is 0.542. The van der Waals surface area contributed by atoms with Crippen LogP contribution in [0.5, 0.6) is 5.75 Å². The van der Waals surface area contributed by atoms with Gasteiger partial charge in [-0.25, -0.2) is 9.78 Å². The summed E-state index contributed by atoms with van der Waals surface area (Å²) in [6.45, 7) is 0.375. The first-order valence-corrected chi connectivity index (χ1v) is 8.99. The Hall–Kier alpha value is -3.12. The number of fused-ring (bicyclic) bond motifs is 2. The highest BCUT2D eigenvalue weighted by Gasteiger charge is 2.27. The number of carbonyl (C=O) groups excluding carboxylic acids is 1. The van der Waals surface area contributed by atoms with Crippen molar-refractivity contribution in [1.29, 1.82) is 0 Å². The molecule has 0 saturated carbocycles. The third kappa shape index (κ3) is 3.57. The summed E-state index contributed by atoms with van der Waals surface area (Å²) in [6, 6.07) is 16.5. The molecule has 1 heterocycles. The van der Waals surface area contributed by atoms with Crippen molar-refractivity contribution in [3.05, 3.63) is 71.4 Å². The number of hydrogen-bond donors (Lipinski definition) is 2. The fourth-order valence-corrected chi connectivity index (χ4v) is 3.61. The van der Waals surface area contributed by atoms with E-state index in [0.717, 1.165) is 46.3 Å². The lowest BCUT2D eigenvalue weighted by Gasteiger charge is -2.30. The van der Waals surface area contributed by atoms with Crippen molar-refractivity contribution in [2.45, 2.75) is 31.9 Å². The molecule has 3 aromatic rings. The molecule has 6 heteroatoms. The molecule has 1 aliphatic carbocycles. The van der Waals surface area contributed by atoms with E-state index in [2.05, 4.69) is 4.98 Å². The van der Waals surface area contributed by atoms with Crippen molar-refractivity contribution < 1.29 is 14.7 Å². The van der Waals surface area contributed by atoms with Gasteiger partial charge in [-0.1, -0.05) is 30.3 Å². The minimum Gasteiger partial charge on any atom is -0.487 e. The van der Waals surface area contributed by atoms with Crippen molar-refractivity contribution in [3.63, 3.8) is 0 Å². The molecule has 2 aromatic carbocycles. The maximum atomic E-state index is 11.3. The molecule has 1 unspecified atom stereocenters. The van der Waals surface area contributed by atoms with Crippen LogP contribution in [0.2, 0.25) is 0 Å². The molecule has 0 radical (unpaired) electrons. The number of nitrogens with zero attached hydrogens (tertiary/aromatic N) is 2. The zero-order valence-corrected chi connectivity index (χ0v) is 14.8. The highest BCUT2D eigenvalue weighted by atomic mass is 16.5. The Labute approximate surface area is 157 Å². The van der Waals surface area contributed by atoms with Crippen molar-refractivity contribution in [3.8, 4) is 5.75 Å². The van der Waals surface area contributed by atoms with E-state index >= 15 is 0 Å². The molecular weight excluding hydrogens is 342 g/mol. The van der Waals surface area contributed by atoms with Crippen LogP contribution in [0.4, 0.5) is 4.79 Å². The molecule has 0 spiro atoms. The summed E-state index contributed by atoms with van der Waals surface area (Å²) < 4.78 is 5.92. The first-order chi connectivity index (χ1) is 13.1. The number of nitrogens with two attached hydrogens (primary N) is 1. The average molecular weight is 363 g/mol. The predicted molar refractivity (Wildman–Crippen MR) is 101 cm³/mol. The molecule has 6 nitrogen and oxygen atoms in total. The molecule has 1 atom stereocenters. The molecule has 1 aliphatic rings. The highest BCUT2D eigenvalue weighted by molar-refractivity contribution is 5.78. The molecule has 3 N–H and O–H groups in total. The van der Waals surface area contributed by atoms with Gasteiger partial charge < -0.3 is 10.5 Å². The van der Waals surface area contributed by atoms with Crippen LogP contribution in [0.1, 0.15) is 35.7 Å². The minimum atomic E-state index is -0.837. The Bertz CT molecular complexity index is 989. The molecule has 2 amide bonds. The lowest BCUT2D eigenvalue weighted by atomic mass is 9.87. The zero-order chi connectivity index (χ0) is 18.8. The SMILES string of the molecule is NC(=O)N(O)C1CCCc2cc(OCc3ccc4ccccc4n3)ccc21. The average Bonchev–Trinajstić information content (AvgIpc) is 2.70. The number of hydrogen-bond acceptors (Lipinski definition) is 4. The second-order valence-corrected chi connectivity index (χ2v) is 6.74. The van der Waals surface area contributed by atoms with Gasteiger partial charge in [0.15, 0.2) is 0 Å². The Kier molecular flexibility index (Phi) is 4.64. The van der Waals surface area contributed by atoms with Gasteiger partial charge in [-0.2, -0.15) is 5.06 Å². The summed E-state index contributed by atoms with van der Waals surface area (Å²) >= 11 is 0. The summed E-state index contributed by atoms with van der Waals surface area (Å²) in [5.41, 5.74) is 9.00. The van der Waals surface area contributed by atoms with E-state index in [9.17, 15) is 10.0 Å². The molecule has 4 rings (SSSR count). The van der Waals surface area contributed by atoms with Gasteiger partial charge in [-0.05, 0) is 54.7 Å². The number of para-hydroxylation sites is 1.